The van der Waals surface area contributed by atoms with E-state index < -0.39 is 5.91 Å². The molecule has 27 heavy (non-hydrogen) atoms. The van der Waals surface area contributed by atoms with Crippen molar-refractivity contribution in [2.45, 2.75) is 26.2 Å². The Labute approximate surface area is 160 Å². The molecule has 4 heteroatoms. The lowest BCUT2D eigenvalue weighted by Gasteiger charge is -2.27. The minimum absolute atomic E-state index is 0.335. The van der Waals surface area contributed by atoms with Crippen LogP contribution in [0.4, 0.5) is 5.69 Å². The van der Waals surface area contributed by atoms with Gasteiger partial charge in [0, 0.05) is 6.42 Å². The van der Waals surface area contributed by atoms with E-state index in [4.69, 9.17) is 0 Å². The van der Waals surface area contributed by atoms with Crippen molar-refractivity contribution in [2.75, 3.05) is 24.7 Å². The Kier molecular flexibility index (Phi) is 4.66. The molecule has 2 aliphatic rings. The number of nitrogens with one attached hydrogen (secondary N) is 1. The van der Waals surface area contributed by atoms with Gasteiger partial charge in [-0.15, -0.1) is 0 Å². The van der Waals surface area contributed by atoms with Crippen LogP contribution in [0.15, 0.2) is 54.6 Å². The molecule has 2 aromatic carbocycles. The first-order chi connectivity index (χ1) is 13.0. The molecule has 2 aliphatic heterocycles. The van der Waals surface area contributed by atoms with Crippen molar-refractivity contribution in [3.63, 3.8) is 0 Å². The van der Waals surface area contributed by atoms with Gasteiger partial charge in [0.15, 0.2) is 6.67 Å². The number of quaternary nitrogens is 1. The lowest BCUT2D eigenvalue weighted by atomic mass is 9.99. The summed E-state index contributed by atoms with van der Waals surface area (Å²) in [7, 11) is 0. The standard InChI is InChI=1S/C23H24N2O2/c1-16(2)19-8-9-21-20(14-19)22(26)23(27)25(21)15-24-12-10-18(11-13-24)17-6-4-3-5-7-17/h3-10,14,16H,11-13,15H2,1-2H3/p+1. The predicted octanol–water partition coefficient (Wildman–Crippen LogP) is 2.67. The summed E-state index contributed by atoms with van der Waals surface area (Å²) < 4.78 is 0. The minimum Gasteiger partial charge on any atom is -0.314 e. The van der Waals surface area contributed by atoms with Crippen molar-refractivity contribution < 1.29 is 14.5 Å². The van der Waals surface area contributed by atoms with Crippen molar-refractivity contribution in [1.82, 2.24) is 0 Å². The number of Topliss-reactive ketones (excluding diaryl/α,β-unsaturated/α-hetero) is 1. The van der Waals surface area contributed by atoms with E-state index in [9.17, 15) is 9.59 Å². The van der Waals surface area contributed by atoms with Crippen LogP contribution in [0.3, 0.4) is 0 Å². The van der Waals surface area contributed by atoms with E-state index in [0.717, 1.165) is 30.8 Å². The normalized spacial score (nSPS) is 19.4. The molecule has 1 unspecified atom stereocenters. The number of benzene rings is 2. The highest BCUT2D eigenvalue weighted by atomic mass is 16.2. The van der Waals surface area contributed by atoms with Gasteiger partial charge in [-0.1, -0.05) is 50.2 Å². The number of hydrogen-bond donors (Lipinski definition) is 1. The topological polar surface area (TPSA) is 41.8 Å². The average molecular weight is 361 g/mol. The van der Waals surface area contributed by atoms with Crippen LogP contribution in [0.5, 0.6) is 0 Å². The minimum atomic E-state index is -0.392. The molecule has 1 amide bonds. The number of amides is 1. The molecule has 1 N–H and O–H groups in total. The second-order valence-electron chi connectivity index (χ2n) is 7.70. The number of nitrogens with zero attached hydrogens (tertiary/aromatic N) is 1. The molecule has 0 bridgehead atoms. The van der Waals surface area contributed by atoms with Gasteiger partial charge >= 0.3 is 5.91 Å². The van der Waals surface area contributed by atoms with Gasteiger partial charge in [-0.2, -0.15) is 0 Å². The predicted molar refractivity (Wildman–Crippen MR) is 107 cm³/mol. The summed E-state index contributed by atoms with van der Waals surface area (Å²) in [6.07, 6.45) is 3.24. The van der Waals surface area contributed by atoms with Crippen molar-refractivity contribution in [1.29, 1.82) is 0 Å². The fourth-order valence-electron chi connectivity index (χ4n) is 3.90. The van der Waals surface area contributed by atoms with Crippen LogP contribution >= 0.6 is 0 Å². The molecule has 138 valence electrons. The molecule has 0 radical (unpaired) electrons. The van der Waals surface area contributed by atoms with Crippen molar-refractivity contribution in [3.8, 4) is 0 Å². The van der Waals surface area contributed by atoms with Gasteiger partial charge in [0.05, 0.1) is 24.3 Å². The highest BCUT2D eigenvalue weighted by Crippen LogP contribution is 2.31. The zero-order valence-electron chi connectivity index (χ0n) is 15.9. The molecule has 0 aromatic heterocycles. The molecule has 2 aromatic rings. The van der Waals surface area contributed by atoms with Gasteiger partial charge < -0.3 is 4.90 Å². The summed E-state index contributed by atoms with van der Waals surface area (Å²) in [5.41, 5.74) is 5.06. The van der Waals surface area contributed by atoms with Gasteiger partial charge in [0.25, 0.3) is 5.78 Å². The molecule has 0 fully saturated rings. The van der Waals surface area contributed by atoms with E-state index in [0.29, 0.717) is 18.2 Å². The van der Waals surface area contributed by atoms with E-state index in [2.05, 4.69) is 44.2 Å². The number of anilines is 1. The molecule has 0 spiro atoms. The Hall–Kier alpha value is -2.72. The number of carbonyl (C=O) groups is 2. The van der Waals surface area contributed by atoms with Crippen LogP contribution in [0.2, 0.25) is 0 Å². The number of rotatable bonds is 4. The monoisotopic (exact) mass is 361 g/mol. The molecule has 4 rings (SSSR count). The Bertz CT molecular complexity index is 915. The largest absolute Gasteiger partial charge is 0.314 e. The quantitative estimate of drug-likeness (QED) is 0.851. The van der Waals surface area contributed by atoms with Gasteiger partial charge in [0.2, 0.25) is 0 Å². The number of ketones is 1. The number of hydrogen-bond acceptors (Lipinski definition) is 2. The van der Waals surface area contributed by atoms with Crippen LogP contribution in [-0.2, 0) is 4.79 Å². The van der Waals surface area contributed by atoms with Crippen LogP contribution in [0.25, 0.3) is 5.57 Å². The van der Waals surface area contributed by atoms with E-state index >= 15 is 0 Å². The van der Waals surface area contributed by atoms with E-state index in [-0.39, 0.29) is 5.78 Å². The third-order valence-corrected chi connectivity index (χ3v) is 5.57. The Balaban J connectivity index is 1.51. The smallest absolute Gasteiger partial charge is 0.303 e. The van der Waals surface area contributed by atoms with Gasteiger partial charge in [-0.25, -0.2) is 0 Å². The molecule has 2 heterocycles. The zero-order valence-corrected chi connectivity index (χ0v) is 15.9. The van der Waals surface area contributed by atoms with Gasteiger partial charge in [0.1, 0.15) is 0 Å². The summed E-state index contributed by atoms with van der Waals surface area (Å²) in [6.45, 7) is 6.54. The summed E-state index contributed by atoms with van der Waals surface area (Å²) in [6, 6.07) is 16.3. The van der Waals surface area contributed by atoms with E-state index in [1.807, 2.05) is 24.3 Å². The van der Waals surface area contributed by atoms with Crippen LogP contribution in [0, 0.1) is 0 Å². The Morgan fingerprint density at radius 2 is 1.85 bits per heavy atom. The first kappa shape index (κ1) is 17.7. The summed E-state index contributed by atoms with van der Waals surface area (Å²) in [5, 5.41) is 0. The third kappa shape index (κ3) is 3.33. The maximum Gasteiger partial charge on any atom is 0.303 e. The van der Waals surface area contributed by atoms with Gasteiger partial charge in [-0.3, -0.25) is 14.5 Å². The summed E-state index contributed by atoms with van der Waals surface area (Å²) >= 11 is 0. The highest BCUT2D eigenvalue weighted by Gasteiger charge is 2.38. The molecule has 1 atom stereocenters. The maximum atomic E-state index is 12.6. The first-order valence-electron chi connectivity index (χ1n) is 9.62. The second kappa shape index (κ2) is 7.12. The Morgan fingerprint density at radius 3 is 2.52 bits per heavy atom. The summed E-state index contributed by atoms with van der Waals surface area (Å²) in [4.78, 5) is 28.0. The lowest BCUT2D eigenvalue weighted by Crippen LogP contribution is -3.14. The Morgan fingerprint density at radius 1 is 1.07 bits per heavy atom. The molecular weight excluding hydrogens is 336 g/mol. The van der Waals surface area contributed by atoms with Crippen LogP contribution < -0.4 is 9.80 Å². The molecule has 0 aliphatic carbocycles. The third-order valence-electron chi connectivity index (χ3n) is 5.57. The van der Waals surface area contributed by atoms with Crippen molar-refractivity contribution >= 4 is 23.0 Å². The lowest BCUT2D eigenvalue weighted by molar-refractivity contribution is -0.893. The molecule has 4 nitrogen and oxygen atoms in total. The van der Waals surface area contributed by atoms with E-state index in [1.54, 1.807) is 4.90 Å². The second-order valence-corrected chi connectivity index (χ2v) is 7.70. The molecular formula is C23H25N2O2+. The zero-order chi connectivity index (χ0) is 19.0. The van der Waals surface area contributed by atoms with Crippen LogP contribution in [-0.4, -0.2) is 31.4 Å². The average Bonchev–Trinajstić information content (AvgIpc) is 2.93. The number of carbonyl (C=O) groups excluding carboxylic acids is 2. The fraction of sp³-hybridized carbons (Fsp3) is 0.304. The van der Waals surface area contributed by atoms with E-state index in [1.165, 1.54) is 16.0 Å². The maximum absolute atomic E-state index is 12.6. The molecule has 0 saturated carbocycles. The van der Waals surface area contributed by atoms with Crippen LogP contribution in [0.1, 0.15) is 47.7 Å². The van der Waals surface area contributed by atoms with Gasteiger partial charge in [-0.05, 0) is 40.8 Å². The highest BCUT2D eigenvalue weighted by molar-refractivity contribution is 6.52. The summed E-state index contributed by atoms with van der Waals surface area (Å²) in [5.74, 6) is -0.429. The van der Waals surface area contributed by atoms with Crippen molar-refractivity contribution in [2.24, 2.45) is 0 Å². The SMILES string of the molecule is CC(C)c1ccc2c(c1)C(=O)C(=O)N2C[NH+]1CC=C(c2ccccc2)CC1. The fourth-order valence-corrected chi connectivity index (χ4v) is 3.90. The number of fused-ring (bicyclic) bond motifs is 1. The first-order valence-corrected chi connectivity index (χ1v) is 9.62. The van der Waals surface area contributed by atoms with Crippen molar-refractivity contribution in [3.05, 3.63) is 71.3 Å². The molecule has 0 saturated heterocycles.